The van der Waals surface area contributed by atoms with Gasteiger partial charge in [-0.3, -0.25) is 0 Å². The van der Waals surface area contributed by atoms with Crippen LogP contribution in [0.5, 0.6) is 0 Å². The fraction of sp³-hybridized carbons (Fsp3) is 0.789. The quantitative estimate of drug-likeness (QED) is 0.603. The number of aliphatic hydroxyl groups excluding tert-OH is 3. The summed E-state index contributed by atoms with van der Waals surface area (Å²) in [6, 6.07) is 0. The number of rotatable bonds is 0. The third-order valence-electron chi connectivity index (χ3n) is 7.48. The number of hydrogen-bond donors (Lipinski definition) is 3. The molecule has 22 heavy (non-hydrogen) atoms. The molecule has 122 valence electrons. The van der Waals surface area contributed by atoms with Crippen molar-refractivity contribution in [2.45, 2.75) is 70.7 Å². The average molecular weight is 304 g/mol. The molecule has 4 aliphatic carbocycles. The van der Waals surface area contributed by atoms with E-state index in [1.165, 1.54) is 11.1 Å². The summed E-state index contributed by atoms with van der Waals surface area (Å²) >= 11 is 0. The maximum atomic E-state index is 10.8. The van der Waals surface area contributed by atoms with Crippen LogP contribution in [0.2, 0.25) is 0 Å². The molecule has 1 saturated carbocycles. The lowest BCUT2D eigenvalue weighted by Crippen LogP contribution is -2.48. The van der Waals surface area contributed by atoms with E-state index in [-0.39, 0.29) is 29.1 Å². The summed E-state index contributed by atoms with van der Waals surface area (Å²) in [5.74, 6) is 0.663. The van der Waals surface area contributed by atoms with Crippen LogP contribution >= 0.6 is 0 Å². The number of hydrogen-bond acceptors (Lipinski definition) is 3. The van der Waals surface area contributed by atoms with E-state index < -0.39 is 0 Å². The van der Waals surface area contributed by atoms with Crippen LogP contribution in [0.4, 0.5) is 0 Å². The second-order valence-corrected chi connectivity index (χ2v) is 8.48. The fourth-order valence-electron chi connectivity index (χ4n) is 5.98. The van der Waals surface area contributed by atoms with Crippen molar-refractivity contribution >= 4 is 0 Å². The minimum absolute atomic E-state index is 0.0112. The van der Waals surface area contributed by atoms with E-state index in [9.17, 15) is 15.3 Å². The van der Waals surface area contributed by atoms with Crippen LogP contribution in [0.25, 0.3) is 0 Å². The Balaban J connectivity index is 1.83. The first-order chi connectivity index (χ1) is 10.4. The van der Waals surface area contributed by atoms with Gasteiger partial charge in [-0.2, -0.15) is 0 Å². The molecule has 0 bridgehead atoms. The number of aliphatic hydroxyl groups is 3. The van der Waals surface area contributed by atoms with E-state index in [0.717, 1.165) is 38.5 Å². The third-order valence-corrected chi connectivity index (χ3v) is 7.48. The minimum Gasteiger partial charge on any atom is -0.393 e. The summed E-state index contributed by atoms with van der Waals surface area (Å²) < 4.78 is 0. The van der Waals surface area contributed by atoms with Gasteiger partial charge in [0.2, 0.25) is 0 Å². The molecule has 0 saturated heterocycles. The maximum absolute atomic E-state index is 10.8. The van der Waals surface area contributed by atoms with E-state index in [2.05, 4.69) is 19.9 Å². The molecule has 0 amide bonds. The van der Waals surface area contributed by atoms with Crippen LogP contribution in [0, 0.1) is 22.7 Å². The molecule has 0 aliphatic heterocycles. The molecule has 7 atom stereocenters. The molecular formula is C19H28O3. The molecule has 0 unspecified atom stereocenters. The highest BCUT2D eigenvalue weighted by atomic mass is 16.3. The first kappa shape index (κ1) is 14.9. The van der Waals surface area contributed by atoms with E-state index in [1.54, 1.807) is 0 Å². The lowest BCUT2D eigenvalue weighted by molar-refractivity contribution is 0.00704. The van der Waals surface area contributed by atoms with Gasteiger partial charge in [-0.25, -0.2) is 0 Å². The maximum Gasteiger partial charge on any atom is 0.0759 e. The van der Waals surface area contributed by atoms with Gasteiger partial charge in [-0.05, 0) is 55.9 Å². The van der Waals surface area contributed by atoms with Crippen LogP contribution in [-0.2, 0) is 0 Å². The Bertz CT molecular complexity index is 551. The normalized spacial score (nSPS) is 54.0. The summed E-state index contributed by atoms with van der Waals surface area (Å²) in [6.07, 6.45) is 8.51. The zero-order valence-corrected chi connectivity index (χ0v) is 13.6. The van der Waals surface area contributed by atoms with Crippen molar-refractivity contribution in [1.29, 1.82) is 0 Å². The minimum atomic E-state index is -0.387. The molecule has 0 spiro atoms. The summed E-state index contributed by atoms with van der Waals surface area (Å²) in [6.45, 7) is 4.50. The SMILES string of the molecule is C[C@]12CCC3=C([C@@H](O)C[C@@H]4C[C@@H](O)C=C[C@]34C)[C@@H]1CC[C@@H]2O. The van der Waals surface area contributed by atoms with Gasteiger partial charge in [-0.15, -0.1) is 0 Å². The van der Waals surface area contributed by atoms with Crippen LogP contribution in [-0.4, -0.2) is 33.6 Å². The Labute approximate surface area is 132 Å². The highest BCUT2D eigenvalue weighted by Crippen LogP contribution is 2.62. The van der Waals surface area contributed by atoms with Crippen molar-refractivity contribution in [1.82, 2.24) is 0 Å². The number of fused-ring (bicyclic) bond motifs is 4. The van der Waals surface area contributed by atoms with Gasteiger partial charge in [0.1, 0.15) is 0 Å². The zero-order valence-electron chi connectivity index (χ0n) is 13.6. The van der Waals surface area contributed by atoms with E-state index >= 15 is 0 Å². The van der Waals surface area contributed by atoms with Gasteiger partial charge in [-0.1, -0.05) is 31.6 Å². The molecule has 3 heteroatoms. The van der Waals surface area contributed by atoms with Gasteiger partial charge >= 0.3 is 0 Å². The zero-order chi connectivity index (χ0) is 15.7. The average Bonchev–Trinajstić information content (AvgIpc) is 2.77. The van der Waals surface area contributed by atoms with E-state index in [0.29, 0.717) is 11.8 Å². The molecule has 0 aromatic heterocycles. The summed E-state index contributed by atoms with van der Waals surface area (Å²) in [4.78, 5) is 0. The lowest BCUT2D eigenvalue weighted by Gasteiger charge is -2.53. The molecule has 1 fully saturated rings. The number of allylic oxidation sites excluding steroid dienone is 2. The highest BCUT2D eigenvalue weighted by molar-refractivity contribution is 5.40. The van der Waals surface area contributed by atoms with Crippen molar-refractivity contribution in [3.63, 3.8) is 0 Å². The highest BCUT2D eigenvalue weighted by Gasteiger charge is 2.56. The Morgan fingerprint density at radius 1 is 1.09 bits per heavy atom. The van der Waals surface area contributed by atoms with Gasteiger partial charge < -0.3 is 15.3 Å². The Kier molecular flexibility index (Phi) is 3.18. The van der Waals surface area contributed by atoms with Gasteiger partial charge in [0.05, 0.1) is 18.3 Å². The molecule has 0 heterocycles. The molecule has 0 aromatic rings. The van der Waals surface area contributed by atoms with Gasteiger partial charge in [0.15, 0.2) is 0 Å². The standard InChI is InChI=1S/C19H28O3/c1-18-7-5-12(20)9-11(18)10-15(21)17-13-3-4-16(22)19(13,2)8-6-14(17)18/h5,7,11-13,15-16,20-22H,3-4,6,8-10H2,1-2H3/t11-,12-,13-,15-,16-,18-,19-/m0/s1. The van der Waals surface area contributed by atoms with Crippen LogP contribution in [0.15, 0.2) is 23.3 Å². The van der Waals surface area contributed by atoms with E-state index in [4.69, 9.17) is 0 Å². The molecular weight excluding hydrogens is 276 g/mol. The predicted molar refractivity (Wildman–Crippen MR) is 85.1 cm³/mol. The topological polar surface area (TPSA) is 60.7 Å². The van der Waals surface area contributed by atoms with Crippen molar-refractivity contribution in [3.05, 3.63) is 23.3 Å². The Morgan fingerprint density at radius 2 is 1.86 bits per heavy atom. The second kappa shape index (κ2) is 4.68. The summed E-state index contributed by atoms with van der Waals surface area (Å²) in [5, 5.41) is 31.2. The molecule has 0 radical (unpaired) electrons. The molecule has 0 aromatic carbocycles. The first-order valence-electron chi connectivity index (χ1n) is 8.83. The van der Waals surface area contributed by atoms with Crippen molar-refractivity contribution in [2.75, 3.05) is 0 Å². The van der Waals surface area contributed by atoms with Crippen LogP contribution < -0.4 is 0 Å². The second-order valence-electron chi connectivity index (χ2n) is 8.48. The predicted octanol–water partition coefficient (Wildman–Crippen LogP) is 2.56. The lowest BCUT2D eigenvalue weighted by atomic mass is 9.52. The third kappa shape index (κ3) is 1.79. The molecule has 4 aliphatic rings. The van der Waals surface area contributed by atoms with Crippen molar-refractivity contribution < 1.29 is 15.3 Å². The fourth-order valence-corrected chi connectivity index (χ4v) is 5.98. The molecule has 4 rings (SSSR count). The van der Waals surface area contributed by atoms with Crippen LogP contribution in [0.3, 0.4) is 0 Å². The Morgan fingerprint density at radius 3 is 2.64 bits per heavy atom. The van der Waals surface area contributed by atoms with Crippen molar-refractivity contribution in [2.24, 2.45) is 22.7 Å². The largest absolute Gasteiger partial charge is 0.393 e. The monoisotopic (exact) mass is 304 g/mol. The Hall–Kier alpha value is -0.640. The van der Waals surface area contributed by atoms with E-state index in [1.807, 2.05) is 6.08 Å². The summed E-state index contributed by atoms with van der Waals surface area (Å²) in [7, 11) is 0. The first-order valence-corrected chi connectivity index (χ1v) is 8.83. The molecule has 3 nitrogen and oxygen atoms in total. The smallest absolute Gasteiger partial charge is 0.0759 e. The molecule has 3 N–H and O–H groups in total. The van der Waals surface area contributed by atoms with Crippen molar-refractivity contribution in [3.8, 4) is 0 Å². The summed E-state index contributed by atoms with van der Waals surface area (Å²) in [5.41, 5.74) is 2.59. The van der Waals surface area contributed by atoms with Gasteiger partial charge in [0, 0.05) is 10.8 Å². The van der Waals surface area contributed by atoms with Gasteiger partial charge in [0.25, 0.3) is 0 Å². The van der Waals surface area contributed by atoms with Crippen LogP contribution in [0.1, 0.15) is 52.4 Å².